The molecular formula is C25H30N6O3S2. The third-order valence-corrected chi connectivity index (χ3v) is 10.3. The minimum Gasteiger partial charge on any atom is -0.384 e. The van der Waals surface area contributed by atoms with Crippen molar-refractivity contribution in [3.8, 4) is 10.6 Å². The van der Waals surface area contributed by atoms with E-state index in [1.807, 2.05) is 35.2 Å². The summed E-state index contributed by atoms with van der Waals surface area (Å²) in [4.78, 5) is 26.5. The Labute approximate surface area is 215 Å². The monoisotopic (exact) mass is 526 g/mol. The van der Waals surface area contributed by atoms with Gasteiger partial charge in [-0.1, -0.05) is 6.07 Å². The molecule has 190 valence electrons. The molecule has 3 aromatic rings. The van der Waals surface area contributed by atoms with Crippen LogP contribution in [-0.2, 0) is 21.4 Å². The van der Waals surface area contributed by atoms with Crippen LogP contribution in [-0.4, -0.2) is 77.7 Å². The minimum absolute atomic E-state index is 0.00913. The predicted molar refractivity (Wildman–Crippen MR) is 140 cm³/mol. The third-order valence-electron chi connectivity index (χ3n) is 6.83. The molecule has 1 amide bonds. The van der Waals surface area contributed by atoms with E-state index in [-0.39, 0.29) is 11.8 Å². The number of aromatic nitrogens is 2. The summed E-state index contributed by atoms with van der Waals surface area (Å²) in [5.41, 5.74) is 7.67. The van der Waals surface area contributed by atoms with Gasteiger partial charge in [0.1, 0.15) is 10.0 Å². The zero-order valence-corrected chi connectivity index (χ0v) is 21.6. The molecule has 2 fully saturated rings. The Morgan fingerprint density at radius 1 is 0.972 bits per heavy atom. The number of thiophene rings is 1. The molecule has 36 heavy (non-hydrogen) atoms. The highest BCUT2D eigenvalue weighted by molar-refractivity contribution is 7.91. The number of pyridine rings is 2. The Morgan fingerprint density at radius 2 is 1.75 bits per heavy atom. The van der Waals surface area contributed by atoms with Crippen LogP contribution in [0.25, 0.3) is 10.6 Å². The van der Waals surface area contributed by atoms with E-state index in [1.165, 1.54) is 15.6 Å². The first-order valence-corrected chi connectivity index (χ1v) is 14.4. The Kier molecular flexibility index (Phi) is 7.33. The molecular weight excluding hydrogens is 496 g/mol. The van der Waals surface area contributed by atoms with Crippen molar-refractivity contribution >= 4 is 33.1 Å². The van der Waals surface area contributed by atoms with Crippen LogP contribution in [0.5, 0.6) is 0 Å². The second kappa shape index (κ2) is 10.6. The summed E-state index contributed by atoms with van der Waals surface area (Å²) in [6.45, 7) is 3.98. The van der Waals surface area contributed by atoms with E-state index in [0.717, 1.165) is 48.6 Å². The number of piperidine rings is 1. The van der Waals surface area contributed by atoms with Crippen LogP contribution in [0.3, 0.4) is 0 Å². The first-order chi connectivity index (χ1) is 17.4. The van der Waals surface area contributed by atoms with Crippen LogP contribution in [0.2, 0.25) is 0 Å². The Hall–Kier alpha value is -2.86. The molecule has 9 nitrogen and oxygen atoms in total. The summed E-state index contributed by atoms with van der Waals surface area (Å²) in [6.07, 6.45) is 5.03. The first-order valence-electron chi connectivity index (χ1n) is 12.1. The predicted octanol–water partition coefficient (Wildman–Crippen LogP) is 2.53. The van der Waals surface area contributed by atoms with Crippen molar-refractivity contribution in [1.82, 2.24) is 24.1 Å². The maximum absolute atomic E-state index is 13.2. The highest BCUT2D eigenvalue weighted by Crippen LogP contribution is 2.32. The van der Waals surface area contributed by atoms with E-state index < -0.39 is 10.0 Å². The lowest BCUT2D eigenvalue weighted by Gasteiger charge is -2.38. The number of nitrogen functional groups attached to an aromatic ring is 1. The van der Waals surface area contributed by atoms with E-state index in [1.54, 1.807) is 24.5 Å². The van der Waals surface area contributed by atoms with Crippen molar-refractivity contribution in [3.05, 3.63) is 60.4 Å². The molecule has 2 aliphatic rings. The zero-order valence-electron chi connectivity index (χ0n) is 20.0. The van der Waals surface area contributed by atoms with E-state index in [9.17, 15) is 13.2 Å². The SMILES string of the molecule is Nc1cc(CN2CCC(C(=O)N3CCN(S(=O)(=O)c4ccc(-c5ccccn5)s4)CC3)CC2)ccn1. The number of carbonyl (C=O) groups excluding carboxylic acids is 1. The number of carbonyl (C=O) groups is 1. The van der Waals surface area contributed by atoms with E-state index in [4.69, 9.17) is 5.73 Å². The van der Waals surface area contributed by atoms with Crippen molar-refractivity contribution < 1.29 is 13.2 Å². The molecule has 11 heteroatoms. The van der Waals surface area contributed by atoms with Gasteiger partial charge >= 0.3 is 0 Å². The van der Waals surface area contributed by atoms with Crippen LogP contribution in [0.4, 0.5) is 5.82 Å². The molecule has 5 rings (SSSR count). The average Bonchev–Trinajstić information content (AvgIpc) is 3.41. The zero-order chi connectivity index (χ0) is 25.1. The average molecular weight is 527 g/mol. The molecule has 0 aromatic carbocycles. The van der Waals surface area contributed by atoms with Crippen LogP contribution >= 0.6 is 11.3 Å². The molecule has 0 bridgehead atoms. The fourth-order valence-electron chi connectivity index (χ4n) is 4.83. The van der Waals surface area contributed by atoms with Gasteiger partial charge in [-0.05, 0) is 67.9 Å². The molecule has 5 heterocycles. The lowest BCUT2D eigenvalue weighted by molar-refractivity contribution is -0.138. The lowest BCUT2D eigenvalue weighted by atomic mass is 9.94. The van der Waals surface area contributed by atoms with Gasteiger partial charge in [-0.25, -0.2) is 13.4 Å². The Balaban J connectivity index is 1.13. The maximum Gasteiger partial charge on any atom is 0.252 e. The van der Waals surface area contributed by atoms with Crippen LogP contribution in [0.15, 0.2) is 59.1 Å². The fraction of sp³-hybridized carbons (Fsp3) is 0.400. The summed E-state index contributed by atoms with van der Waals surface area (Å²) in [5.74, 6) is 0.657. The van der Waals surface area contributed by atoms with Gasteiger partial charge in [0.25, 0.3) is 10.0 Å². The van der Waals surface area contributed by atoms with Gasteiger partial charge in [0.2, 0.25) is 5.91 Å². The number of nitrogens with zero attached hydrogens (tertiary/aromatic N) is 5. The number of piperazine rings is 1. The summed E-state index contributed by atoms with van der Waals surface area (Å²) >= 11 is 1.23. The molecule has 3 aromatic heterocycles. The fourth-order valence-corrected chi connectivity index (χ4v) is 7.69. The summed E-state index contributed by atoms with van der Waals surface area (Å²) in [7, 11) is -3.60. The number of nitrogens with two attached hydrogens (primary N) is 1. The van der Waals surface area contributed by atoms with Crippen molar-refractivity contribution in [2.75, 3.05) is 45.0 Å². The van der Waals surface area contributed by atoms with Crippen molar-refractivity contribution in [2.24, 2.45) is 5.92 Å². The number of rotatable bonds is 6. The molecule has 2 aliphatic heterocycles. The van der Waals surface area contributed by atoms with Crippen molar-refractivity contribution in [1.29, 1.82) is 0 Å². The molecule has 0 radical (unpaired) electrons. The Morgan fingerprint density at radius 3 is 2.44 bits per heavy atom. The van der Waals surface area contributed by atoms with Crippen molar-refractivity contribution in [3.63, 3.8) is 0 Å². The largest absolute Gasteiger partial charge is 0.384 e. The number of sulfonamides is 1. The number of anilines is 1. The molecule has 0 aliphatic carbocycles. The van der Waals surface area contributed by atoms with E-state index >= 15 is 0 Å². The van der Waals surface area contributed by atoms with E-state index in [2.05, 4.69) is 14.9 Å². The number of amides is 1. The van der Waals surface area contributed by atoms with Gasteiger partial charge in [-0.15, -0.1) is 11.3 Å². The van der Waals surface area contributed by atoms with Crippen LogP contribution in [0, 0.1) is 5.92 Å². The molecule has 0 unspecified atom stereocenters. The van der Waals surface area contributed by atoms with Gasteiger partial charge in [-0.3, -0.25) is 14.7 Å². The van der Waals surface area contributed by atoms with Gasteiger partial charge in [0.05, 0.1) is 10.6 Å². The summed E-state index contributed by atoms with van der Waals surface area (Å²) in [5, 5.41) is 0. The molecule has 2 saturated heterocycles. The lowest BCUT2D eigenvalue weighted by Crippen LogP contribution is -2.52. The number of hydrogen-bond acceptors (Lipinski definition) is 8. The third kappa shape index (κ3) is 5.44. The molecule has 0 atom stereocenters. The topological polar surface area (TPSA) is 113 Å². The molecule has 0 spiro atoms. The van der Waals surface area contributed by atoms with Crippen LogP contribution < -0.4 is 5.73 Å². The number of likely N-dealkylation sites (tertiary alicyclic amines) is 1. The standard InChI is InChI=1S/C25H30N6O3S2/c26-23-17-19(6-10-28-23)18-29-11-7-20(8-12-29)25(32)30-13-15-31(16-14-30)36(33,34)24-5-4-22(35-24)21-3-1-2-9-27-21/h1-6,9-10,17,20H,7-8,11-16,18H2,(H2,26,28). The molecule has 0 saturated carbocycles. The Bertz CT molecular complexity index is 1300. The minimum atomic E-state index is -3.60. The smallest absolute Gasteiger partial charge is 0.252 e. The summed E-state index contributed by atoms with van der Waals surface area (Å²) < 4.78 is 28.2. The van der Waals surface area contributed by atoms with Crippen molar-refractivity contribution in [2.45, 2.75) is 23.6 Å². The maximum atomic E-state index is 13.2. The van der Waals surface area contributed by atoms with Gasteiger partial charge in [0, 0.05) is 51.0 Å². The second-order valence-electron chi connectivity index (χ2n) is 9.20. The van der Waals surface area contributed by atoms with Crippen LogP contribution in [0.1, 0.15) is 18.4 Å². The van der Waals surface area contributed by atoms with Gasteiger partial charge in [0.15, 0.2) is 0 Å². The summed E-state index contributed by atoms with van der Waals surface area (Å²) in [6, 6.07) is 12.9. The first kappa shape index (κ1) is 24.8. The highest BCUT2D eigenvalue weighted by Gasteiger charge is 2.34. The van der Waals surface area contributed by atoms with E-state index in [0.29, 0.717) is 36.2 Å². The normalized spacial score (nSPS) is 18.4. The van der Waals surface area contributed by atoms with Gasteiger partial charge in [-0.2, -0.15) is 4.31 Å². The molecule has 2 N–H and O–H groups in total. The quantitative estimate of drug-likeness (QED) is 0.525. The second-order valence-corrected chi connectivity index (χ2v) is 12.5. The number of hydrogen-bond donors (Lipinski definition) is 1. The van der Waals surface area contributed by atoms with Gasteiger partial charge < -0.3 is 10.6 Å². The highest BCUT2D eigenvalue weighted by atomic mass is 32.2.